The number of rotatable bonds is 5. The zero-order valence-electron chi connectivity index (χ0n) is 12.2. The summed E-state index contributed by atoms with van der Waals surface area (Å²) < 4.78 is 25.8. The fourth-order valence-electron chi connectivity index (χ4n) is 1.83. The highest BCUT2D eigenvalue weighted by molar-refractivity contribution is 7.98. The smallest absolute Gasteiger partial charge is 0.255 e. The second-order valence-electron chi connectivity index (χ2n) is 4.42. The van der Waals surface area contributed by atoms with Crippen LogP contribution in [0.1, 0.15) is 10.4 Å². The van der Waals surface area contributed by atoms with E-state index in [9.17, 15) is 13.2 Å². The highest BCUT2D eigenvalue weighted by atomic mass is 32.2. The zero-order chi connectivity index (χ0) is 16.2. The third-order valence-corrected chi connectivity index (χ3v) is 5.14. The van der Waals surface area contributed by atoms with Crippen molar-refractivity contribution < 1.29 is 13.2 Å². The minimum atomic E-state index is -3.57. The number of carbonyl (C=O) groups is 1. The largest absolute Gasteiger partial charge is 0.322 e. The van der Waals surface area contributed by atoms with E-state index in [2.05, 4.69) is 10.0 Å². The van der Waals surface area contributed by atoms with E-state index in [4.69, 9.17) is 0 Å². The lowest BCUT2D eigenvalue weighted by atomic mass is 10.2. The molecule has 22 heavy (non-hydrogen) atoms. The number of anilines is 1. The molecular formula is C15H16N2O3S2. The summed E-state index contributed by atoms with van der Waals surface area (Å²) in [6.07, 6.45) is 1.95. The molecule has 0 bridgehead atoms. The van der Waals surface area contributed by atoms with Crippen molar-refractivity contribution in [2.24, 2.45) is 0 Å². The van der Waals surface area contributed by atoms with Gasteiger partial charge in [-0.1, -0.05) is 12.1 Å². The summed E-state index contributed by atoms with van der Waals surface area (Å²) in [5.74, 6) is -0.355. The van der Waals surface area contributed by atoms with Crippen LogP contribution >= 0.6 is 11.8 Å². The summed E-state index contributed by atoms with van der Waals surface area (Å²) in [6, 6.07) is 13.3. The van der Waals surface area contributed by atoms with Crippen molar-refractivity contribution >= 4 is 33.4 Å². The number of nitrogens with one attached hydrogen (secondary N) is 2. The number of sulfonamides is 1. The van der Waals surface area contributed by atoms with Gasteiger partial charge in [-0.3, -0.25) is 4.79 Å². The van der Waals surface area contributed by atoms with Gasteiger partial charge in [-0.05, 0) is 49.7 Å². The van der Waals surface area contributed by atoms with Crippen molar-refractivity contribution in [3.05, 3.63) is 54.1 Å². The van der Waals surface area contributed by atoms with E-state index in [1.165, 1.54) is 25.2 Å². The lowest BCUT2D eigenvalue weighted by Gasteiger charge is -2.08. The predicted octanol–water partition coefficient (Wildman–Crippen LogP) is 2.57. The molecule has 2 rings (SSSR count). The Labute approximate surface area is 134 Å². The molecule has 7 heteroatoms. The van der Waals surface area contributed by atoms with E-state index in [1.807, 2.05) is 24.5 Å². The molecule has 1 amide bonds. The fraction of sp³-hybridized carbons (Fsp3) is 0.133. The summed E-state index contributed by atoms with van der Waals surface area (Å²) in [5.41, 5.74) is 0.949. The van der Waals surface area contributed by atoms with Crippen LogP contribution in [-0.4, -0.2) is 27.6 Å². The minimum absolute atomic E-state index is 0.0560. The number of amides is 1. The standard InChI is InChI=1S/C15H16N2O3S2/c1-16-22(19,20)14-8-3-5-11(9-14)15(18)17-12-6-4-7-13(10-12)21-2/h3-10,16H,1-2H3,(H,17,18). The number of hydrogen-bond donors (Lipinski definition) is 2. The van der Waals surface area contributed by atoms with Crippen LogP contribution in [0, 0.1) is 0 Å². The van der Waals surface area contributed by atoms with Crippen LogP contribution in [0.15, 0.2) is 58.3 Å². The predicted molar refractivity (Wildman–Crippen MR) is 88.9 cm³/mol. The maximum absolute atomic E-state index is 12.2. The lowest BCUT2D eigenvalue weighted by Crippen LogP contribution is -2.19. The van der Waals surface area contributed by atoms with E-state index in [1.54, 1.807) is 23.9 Å². The van der Waals surface area contributed by atoms with Crippen LogP contribution in [0.3, 0.4) is 0 Å². The second-order valence-corrected chi connectivity index (χ2v) is 7.19. The van der Waals surface area contributed by atoms with Gasteiger partial charge >= 0.3 is 0 Å². The Morgan fingerprint density at radius 2 is 1.82 bits per heavy atom. The second kappa shape index (κ2) is 6.95. The molecule has 116 valence electrons. The normalized spacial score (nSPS) is 11.2. The molecular weight excluding hydrogens is 320 g/mol. The Morgan fingerprint density at radius 1 is 1.09 bits per heavy atom. The average Bonchev–Trinajstić information content (AvgIpc) is 2.55. The maximum Gasteiger partial charge on any atom is 0.255 e. The first-order valence-electron chi connectivity index (χ1n) is 6.45. The SMILES string of the molecule is CNS(=O)(=O)c1cccc(C(=O)Nc2cccc(SC)c2)c1. The molecule has 0 heterocycles. The van der Waals surface area contributed by atoms with Crippen molar-refractivity contribution in [2.75, 3.05) is 18.6 Å². The van der Waals surface area contributed by atoms with Gasteiger partial charge in [-0.25, -0.2) is 13.1 Å². The Bertz CT molecular complexity index is 789. The van der Waals surface area contributed by atoms with Gasteiger partial charge in [0.25, 0.3) is 5.91 Å². The summed E-state index contributed by atoms with van der Waals surface area (Å²) in [4.78, 5) is 13.3. The molecule has 0 aliphatic carbocycles. The Morgan fingerprint density at radius 3 is 2.50 bits per heavy atom. The van der Waals surface area contributed by atoms with Gasteiger partial charge in [-0.15, -0.1) is 11.8 Å². The summed E-state index contributed by atoms with van der Waals surface area (Å²) in [6.45, 7) is 0. The third-order valence-electron chi connectivity index (χ3n) is 3.00. The quantitative estimate of drug-likeness (QED) is 0.823. The Kier molecular flexibility index (Phi) is 5.23. The number of hydrogen-bond acceptors (Lipinski definition) is 4. The van der Waals surface area contributed by atoms with E-state index in [-0.39, 0.29) is 16.4 Å². The Hall–Kier alpha value is -1.83. The van der Waals surface area contributed by atoms with Crippen LogP contribution < -0.4 is 10.0 Å². The molecule has 0 aliphatic rings. The Balaban J connectivity index is 2.25. The number of thioether (sulfide) groups is 1. The molecule has 0 spiro atoms. The molecule has 2 aromatic carbocycles. The van der Waals surface area contributed by atoms with Gasteiger partial charge < -0.3 is 5.32 Å². The summed E-state index contributed by atoms with van der Waals surface area (Å²) >= 11 is 1.58. The van der Waals surface area contributed by atoms with Gasteiger partial charge in [-0.2, -0.15) is 0 Å². The van der Waals surface area contributed by atoms with Gasteiger partial charge in [0.15, 0.2) is 0 Å². The first kappa shape index (κ1) is 16.5. The molecule has 0 aromatic heterocycles. The maximum atomic E-state index is 12.2. The molecule has 5 nitrogen and oxygen atoms in total. The number of benzene rings is 2. The molecule has 2 N–H and O–H groups in total. The van der Waals surface area contributed by atoms with Crippen LogP contribution in [0.5, 0.6) is 0 Å². The molecule has 0 aliphatic heterocycles. The highest BCUT2D eigenvalue weighted by Gasteiger charge is 2.14. The number of carbonyl (C=O) groups excluding carboxylic acids is 1. The fourth-order valence-corrected chi connectivity index (χ4v) is 3.06. The van der Waals surface area contributed by atoms with Crippen LogP contribution in [0.2, 0.25) is 0 Å². The van der Waals surface area contributed by atoms with Crippen LogP contribution in [-0.2, 0) is 10.0 Å². The first-order chi connectivity index (χ1) is 10.5. The van der Waals surface area contributed by atoms with Crippen LogP contribution in [0.25, 0.3) is 0 Å². The van der Waals surface area contributed by atoms with Crippen molar-refractivity contribution in [2.45, 2.75) is 9.79 Å². The van der Waals surface area contributed by atoms with Crippen molar-refractivity contribution in [1.82, 2.24) is 4.72 Å². The molecule has 0 saturated carbocycles. The third kappa shape index (κ3) is 3.88. The topological polar surface area (TPSA) is 75.3 Å². The van der Waals surface area contributed by atoms with Crippen LogP contribution in [0.4, 0.5) is 5.69 Å². The van der Waals surface area contributed by atoms with Gasteiger partial charge in [0, 0.05) is 16.1 Å². The summed E-state index contributed by atoms with van der Waals surface area (Å²) in [5, 5.41) is 2.76. The molecule has 0 fully saturated rings. The van der Waals surface area contributed by atoms with E-state index in [0.717, 1.165) is 4.90 Å². The highest BCUT2D eigenvalue weighted by Crippen LogP contribution is 2.20. The van der Waals surface area contributed by atoms with Crippen molar-refractivity contribution in [1.29, 1.82) is 0 Å². The first-order valence-corrected chi connectivity index (χ1v) is 9.16. The van der Waals surface area contributed by atoms with Crippen molar-refractivity contribution in [3.63, 3.8) is 0 Å². The van der Waals surface area contributed by atoms with E-state index in [0.29, 0.717) is 5.69 Å². The summed E-state index contributed by atoms with van der Waals surface area (Å²) in [7, 11) is -2.24. The van der Waals surface area contributed by atoms with Crippen molar-refractivity contribution in [3.8, 4) is 0 Å². The van der Waals surface area contributed by atoms with Gasteiger partial charge in [0.2, 0.25) is 10.0 Å². The molecule has 0 saturated heterocycles. The van der Waals surface area contributed by atoms with Gasteiger partial charge in [0.1, 0.15) is 0 Å². The van der Waals surface area contributed by atoms with E-state index >= 15 is 0 Å². The average molecular weight is 336 g/mol. The molecule has 0 atom stereocenters. The van der Waals surface area contributed by atoms with E-state index < -0.39 is 10.0 Å². The minimum Gasteiger partial charge on any atom is -0.322 e. The molecule has 2 aromatic rings. The van der Waals surface area contributed by atoms with Gasteiger partial charge in [0.05, 0.1) is 4.90 Å². The monoisotopic (exact) mass is 336 g/mol. The lowest BCUT2D eigenvalue weighted by molar-refractivity contribution is 0.102. The molecule has 0 unspecified atom stereocenters. The molecule has 0 radical (unpaired) electrons. The zero-order valence-corrected chi connectivity index (χ0v) is 13.8.